The summed E-state index contributed by atoms with van der Waals surface area (Å²) in [5.41, 5.74) is 4.37. The van der Waals surface area contributed by atoms with Crippen molar-refractivity contribution in [1.82, 2.24) is 24.3 Å². The minimum atomic E-state index is -2.62. The average Bonchev–Trinajstić information content (AvgIpc) is 3.34. The number of rotatable bonds is 7. The lowest BCUT2D eigenvalue weighted by Crippen LogP contribution is -2.07. The zero-order valence-corrected chi connectivity index (χ0v) is 17.5. The second-order valence-corrected chi connectivity index (χ2v) is 7.95. The molecule has 0 radical (unpaired) electrons. The van der Waals surface area contributed by atoms with Crippen molar-refractivity contribution in [2.24, 2.45) is 0 Å². The van der Waals surface area contributed by atoms with Crippen LogP contribution in [-0.4, -0.2) is 24.3 Å². The third-order valence-corrected chi connectivity index (χ3v) is 5.71. The Kier molecular flexibility index (Phi) is 5.94. The van der Waals surface area contributed by atoms with Crippen molar-refractivity contribution in [3.05, 3.63) is 89.3 Å². The van der Waals surface area contributed by atoms with Crippen LogP contribution in [0.2, 0.25) is 0 Å². The summed E-state index contributed by atoms with van der Waals surface area (Å²) in [5.74, 6) is 1.37. The maximum atomic E-state index is 13.1. The highest BCUT2D eigenvalue weighted by atomic mass is 32.2. The van der Waals surface area contributed by atoms with Gasteiger partial charge in [-0.1, -0.05) is 59.8 Å². The van der Waals surface area contributed by atoms with Crippen LogP contribution in [0.25, 0.3) is 5.69 Å². The van der Waals surface area contributed by atoms with Gasteiger partial charge < -0.3 is 0 Å². The minimum absolute atomic E-state index is 0.270. The molecule has 154 valence electrons. The third kappa shape index (κ3) is 4.28. The van der Waals surface area contributed by atoms with Crippen molar-refractivity contribution in [2.45, 2.75) is 37.7 Å². The first-order valence-electron chi connectivity index (χ1n) is 9.51. The quantitative estimate of drug-likeness (QED) is 0.374. The van der Waals surface area contributed by atoms with E-state index in [1.165, 1.54) is 29.7 Å². The lowest BCUT2D eigenvalue weighted by Gasteiger charge is -2.14. The van der Waals surface area contributed by atoms with Gasteiger partial charge in [0.1, 0.15) is 11.6 Å². The molecule has 0 atom stereocenters. The van der Waals surface area contributed by atoms with E-state index in [1.807, 2.05) is 60.9 Å². The van der Waals surface area contributed by atoms with Gasteiger partial charge in [-0.3, -0.25) is 9.13 Å². The van der Waals surface area contributed by atoms with Crippen molar-refractivity contribution in [2.75, 3.05) is 0 Å². The van der Waals surface area contributed by atoms with E-state index in [-0.39, 0.29) is 5.75 Å². The molecule has 5 nitrogen and oxygen atoms in total. The highest BCUT2D eigenvalue weighted by molar-refractivity contribution is 7.98. The van der Waals surface area contributed by atoms with Crippen molar-refractivity contribution >= 4 is 11.8 Å². The van der Waals surface area contributed by atoms with Gasteiger partial charge >= 0.3 is 6.55 Å². The molecule has 0 saturated heterocycles. The number of imidazole rings is 1. The van der Waals surface area contributed by atoms with E-state index in [2.05, 4.69) is 21.2 Å². The standard InChI is InChI=1S/C22H21F2N5S/c1-15-8-9-18(16(2)12-15)29-19(13-17-6-4-3-5-7-17)26-27-22(29)30-14-20-25-10-11-28(20)21(23)24/h3-12,21H,13-14H2,1-2H3. The Hall–Kier alpha value is -3.00. The fourth-order valence-corrected chi connectivity index (χ4v) is 4.26. The van der Waals surface area contributed by atoms with Crippen molar-refractivity contribution in [3.63, 3.8) is 0 Å². The smallest absolute Gasteiger partial charge is 0.277 e. The Morgan fingerprint density at radius 2 is 1.80 bits per heavy atom. The molecule has 0 aliphatic heterocycles. The number of nitrogens with zero attached hydrogens (tertiary/aromatic N) is 5. The minimum Gasteiger partial charge on any atom is -0.277 e. The van der Waals surface area contributed by atoms with Gasteiger partial charge in [0.05, 0.1) is 11.4 Å². The van der Waals surface area contributed by atoms with Crippen LogP contribution < -0.4 is 0 Å². The molecule has 0 N–H and O–H groups in total. The van der Waals surface area contributed by atoms with Gasteiger partial charge in [0.15, 0.2) is 5.16 Å². The molecule has 0 saturated carbocycles. The highest BCUT2D eigenvalue weighted by Gasteiger charge is 2.18. The maximum Gasteiger partial charge on any atom is 0.319 e. The van der Waals surface area contributed by atoms with Crippen LogP contribution in [-0.2, 0) is 12.2 Å². The fraction of sp³-hybridized carbons (Fsp3) is 0.227. The topological polar surface area (TPSA) is 48.5 Å². The van der Waals surface area contributed by atoms with E-state index in [0.29, 0.717) is 17.4 Å². The van der Waals surface area contributed by atoms with Crippen LogP contribution in [0.3, 0.4) is 0 Å². The zero-order valence-electron chi connectivity index (χ0n) is 16.7. The molecular weight excluding hydrogens is 404 g/mol. The number of alkyl halides is 2. The van der Waals surface area contributed by atoms with E-state index in [4.69, 9.17) is 0 Å². The molecule has 0 amide bonds. The Labute approximate surface area is 177 Å². The van der Waals surface area contributed by atoms with Crippen LogP contribution in [0.5, 0.6) is 0 Å². The van der Waals surface area contributed by atoms with Gasteiger partial charge in [0.25, 0.3) is 0 Å². The summed E-state index contributed by atoms with van der Waals surface area (Å²) in [6, 6.07) is 16.3. The van der Waals surface area contributed by atoms with Crippen molar-refractivity contribution in [1.29, 1.82) is 0 Å². The van der Waals surface area contributed by atoms with Crippen LogP contribution in [0.15, 0.2) is 66.1 Å². The Balaban J connectivity index is 1.70. The fourth-order valence-electron chi connectivity index (χ4n) is 3.35. The maximum absolute atomic E-state index is 13.1. The molecule has 0 fully saturated rings. The Morgan fingerprint density at radius 1 is 1.00 bits per heavy atom. The number of aryl methyl sites for hydroxylation is 2. The van der Waals surface area contributed by atoms with Crippen LogP contribution in [0, 0.1) is 13.8 Å². The number of benzene rings is 2. The van der Waals surface area contributed by atoms with Gasteiger partial charge in [-0.2, -0.15) is 8.78 Å². The first-order valence-corrected chi connectivity index (χ1v) is 10.5. The molecule has 4 aromatic rings. The number of thioether (sulfide) groups is 1. The molecular formula is C22H21F2N5S. The zero-order chi connectivity index (χ0) is 21.1. The highest BCUT2D eigenvalue weighted by Crippen LogP contribution is 2.28. The summed E-state index contributed by atoms with van der Waals surface area (Å²) in [7, 11) is 0. The molecule has 0 aliphatic carbocycles. The Morgan fingerprint density at radius 3 is 2.53 bits per heavy atom. The molecule has 2 aromatic carbocycles. The first-order chi connectivity index (χ1) is 14.5. The predicted octanol–water partition coefficient (Wildman–Crippen LogP) is 5.36. The summed E-state index contributed by atoms with van der Waals surface area (Å²) < 4.78 is 29.2. The van der Waals surface area contributed by atoms with Gasteiger partial charge in [-0.15, -0.1) is 10.2 Å². The van der Waals surface area contributed by atoms with Crippen molar-refractivity contribution in [3.8, 4) is 5.69 Å². The summed E-state index contributed by atoms with van der Waals surface area (Å²) in [4.78, 5) is 4.06. The van der Waals surface area contributed by atoms with Crippen molar-refractivity contribution < 1.29 is 8.78 Å². The third-order valence-electron chi connectivity index (χ3n) is 4.79. The molecule has 2 heterocycles. The van der Waals surface area contributed by atoms with E-state index in [1.54, 1.807) is 0 Å². The van der Waals surface area contributed by atoms with Gasteiger partial charge in [-0.05, 0) is 31.0 Å². The molecule has 30 heavy (non-hydrogen) atoms. The molecule has 0 aliphatic rings. The molecule has 2 aromatic heterocycles. The van der Waals surface area contributed by atoms with Gasteiger partial charge in [0, 0.05) is 18.8 Å². The second kappa shape index (κ2) is 8.79. The summed E-state index contributed by atoms with van der Waals surface area (Å²) >= 11 is 1.35. The van der Waals surface area contributed by atoms with Gasteiger partial charge in [-0.25, -0.2) is 4.98 Å². The molecule has 0 spiro atoms. The summed E-state index contributed by atoms with van der Waals surface area (Å²) in [6.07, 6.45) is 3.29. The molecule has 0 unspecified atom stereocenters. The average molecular weight is 426 g/mol. The number of halogens is 2. The SMILES string of the molecule is Cc1ccc(-n2c(Cc3ccccc3)nnc2SCc2nccn2C(F)F)c(C)c1. The number of aromatic nitrogens is 5. The van der Waals surface area contributed by atoms with E-state index in [0.717, 1.165) is 27.2 Å². The van der Waals surface area contributed by atoms with E-state index >= 15 is 0 Å². The van der Waals surface area contributed by atoms with Crippen LogP contribution in [0.4, 0.5) is 8.78 Å². The summed E-state index contributed by atoms with van der Waals surface area (Å²) in [6.45, 7) is 1.48. The normalized spacial score (nSPS) is 11.4. The van der Waals surface area contributed by atoms with E-state index < -0.39 is 6.55 Å². The van der Waals surface area contributed by atoms with E-state index in [9.17, 15) is 8.78 Å². The summed E-state index contributed by atoms with van der Waals surface area (Å²) in [5, 5.41) is 9.45. The van der Waals surface area contributed by atoms with Gasteiger partial charge in [0.2, 0.25) is 0 Å². The number of hydrogen-bond donors (Lipinski definition) is 0. The molecule has 0 bridgehead atoms. The van der Waals surface area contributed by atoms with Crippen LogP contribution >= 0.6 is 11.8 Å². The largest absolute Gasteiger partial charge is 0.319 e. The lowest BCUT2D eigenvalue weighted by atomic mass is 10.1. The second-order valence-electron chi connectivity index (χ2n) is 7.00. The monoisotopic (exact) mass is 425 g/mol. The lowest BCUT2D eigenvalue weighted by molar-refractivity contribution is 0.0678. The van der Waals surface area contributed by atoms with Crippen LogP contribution in [0.1, 0.15) is 34.9 Å². The first kappa shape index (κ1) is 20.3. The molecule has 8 heteroatoms. The molecule has 4 rings (SSSR count). The number of hydrogen-bond acceptors (Lipinski definition) is 4. The predicted molar refractivity (Wildman–Crippen MR) is 113 cm³/mol. The Bertz CT molecular complexity index is 1140.